The van der Waals surface area contributed by atoms with Gasteiger partial charge in [0.05, 0.1) is 5.70 Å². The monoisotopic (exact) mass is 436 g/mol. The zero-order valence-corrected chi connectivity index (χ0v) is 18.5. The minimum Gasteiger partial charge on any atom is -0.325 e. The lowest BCUT2D eigenvalue weighted by molar-refractivity contribution is -0.114. The maximum atomic E-state index is 13.0. The molecule has 1 N–H and O–H groups in total. The Morgan fingerprint density at radius 1 is 0.939 bits per heavy atom. The van der Waals surface area contributed by atoms with Crippen LogP contribution in [0.15, 0.2) is 84.9 Å². The number of allylic oxidation sites excluding steroid dienone is 1. The van der Waals surface area contributed by atoms with Crippen molar-refractivity contribution >= 4 is 23.2 Å². The molecule has 4 aromatic rings. The Hall–Kier alpha value is -4.26. The van der Waals surface area contributed by atoms with Crippen LogP contribution < -0.4 is 10.2 Å². The van der Waals surface area contributed by atoms with Crippen LogP contribution in [0.2, 0.25) is 0 Å². The molecule has 1 atom stereocenters. The van der Waals surface area contributed by atoms with Crippen molar-refractivity contribution in [3.8, 4) is 0 Å². The van der Waals surface area contributed by atoms with Crippen molar-refractivity contribution in [3.05, 3.63) is 107 Å². The number of carbonyl (C=O) groups is 1. The van der Waals surface area contributed by atoms with E-state index in [2.05, 4.69) is 70.2 Å². The Balaban J connectivity index is 1.53. The molecule has 0 saturated heterocycles. The zero-order chi connectivity index (χ0) is 22.8. The predicted octanol–water partition coefficient (Wildman–Crippen LogP) is 4.38. The lowest BCUT2D eigenvalue weighted by Crippen LogP contribution is -2.37. The van der Waals surface area contributed by atoms with Crippen molar-refractivity contribution in [3.63, 3.8) is 0 Å². The van der Waals surface area contributed by atoms with Crippen LogP contribution in [0.1, 0.15) is 28.3 Å². The fourth-order valence-corrected chi connectivity index (χ4v) is 4.05. The van der Waals surface area contributed by atoms with Crippen LogP contribution in [-0.4, -0.2) is 32.7 Å². The van der Waals surface area contributed by atoms with Crippen LogP contribution in [0.3, 0.4) is 0 Å². The van der Waals surface area contributed by atoms with Crippen molar-refractivity contribution in [2.24, 2.45) is 0 Å². The number of aromatic nitrogens is 4. The molecule has 5 rings (SSSR count). The standard InChI is InChI=1S/C26H24N6O/c1-18-11-13-21(14-12-18)23-16-24(20-8-4-3-5-9-20)32-26(28-29-30-32)31(23)17-25(33)27-22-10-6-7-19(2)15-22/h3-16,24H,17H2,1-2H3,(H,27,33)/t24-/m0/s1. The fourth-order valence-electron chi connectivity index (χ4n) is 4.05. The van der Waals surface area contributed by atoms with Gasteiger partial charge in [-0.25, -0.2) is 0 Å². The molecule has 0 fully saturated rings. The van der Waals surface area contributed by atoms with Gasteiger partial charge in [-0.1, -0.05) is 77.4 Å². The number of rotatable bonds is 5. The second-order valence-corrected chi connectivity index (χ2v) is 8.20. The topological polar surface area (TPSA) is 75.9 Å². The van der Waals surface area contributed by atoms with Gasteiger partial charge in [0.1, 0.15) is 12.6 Å². The maximum absolute atomic E-state index is 13.0. The molecule has 1 aromatic heterocycles. The first-order valence-electron chi connectivity index (χ1n) is 10.8. The number of amides is 1. The average molecular weight is 437 g/mol. The third-order valence-electron chi connectivity index (χ3n) is 5.68. The summed E-state index contributed by atoms with van der Waals surface area (Å²) in [5.74, 6) is 0.382. The summed E-state index contributed by atoms with van der Waals surface area (Å²) in [6.07, 6.45) is 2.11. The van der Waals surface area contributed by atoms with Gasteiger partial charge < -0.3 is 5.32 Å². The van der Waals surface area contributed by atoms with Crippen LogP contribution in [-0.2, 0) is 4.79 Å². The first kappa shape index (κ1) is 20.6. The van der Waals surface area contributed by atoms with E-state index in [-0.39, 0.29) is 18.5 Å². The molecule has 0 aliphatic carbocycles. The number of anilines is 2. The van der Waals surface area contributed by atoms with Gasteiger partial charge in [-0.15, -0.1) is 0 Å². The number of aryl methyl sites for hydroxylation is 2. The summed E-state index contributed by atoms with van der Waals surface area (Å²) in [6, 6.07) is 25.9. The van der Waals surface area contributed by atoms with Gasteiger partial charge in [-0.2, -0.15) is 4.68 Å². The van der Waals surface area contributed by atoms with E-state index < -0.39 is 0 Å². The minimum absolute atomic E-state index is 0.0789. The van der Waals surface area contributed by atoms with Crippen molar-refractivity contribution in [1.29, 1.82) is 0 Å². The van der Waals surface area contributed by atoms with Gasteiger partial charge in [0.2, 0.25) is 5.91 Å². The van der Waals surface area contributed by atoms with Crippen molar-refractivity contribution in [2.75, 3.05) is 16.8 Å². The Bertz CT molecular complexity index is 1310. The molecule has 2 heterocycles. The second kappa shape index (κ2) is 8.70. The van der Waals surface area contributed by atoms with E-state index in [9.17, 15) is 4.79 Å². The number of nitrogens with zero attached hydrogens (tertiary/aromatic N) is 5. The highest BCUT2D eigenvalue weighted by Crippen LogP contribution is 2.36. The first-order valence-corrected chi connectivity index (χ1v) is 10.8. The molecule has 164 valence electrons. The van der Waals surface area contributed by atoms with Gasteiger partial charge in [-0.3, -0.25) is 9.69 Å². The average Bonchev–Trinajstić information content (AvgIpc) is 3.31. The van der Waals surface area contributed by atoms with Crippen molar-refractivity contribution < 1.29 is 4.79 Å². The molecule has 0 saturated carbocycles. The lowest BCUT2D eigenvalue weighted by atomic mass is 10.00. The molecule has 1 amide bonds. The quantitative estimate of drug-likeness (QED) is 0.503. The van der Waals surface area contributed by atoms with E-state index in [1.807, 2.05) is 54.3 Å². The molecule has 7 nitrogen and oxygen atoms in total. The van der Waals surface area contributed by atoms with Crippen molar-refractivity contribution in [2.45, 2.75) is 19.9 Å². The van der Waals surface area contributed by atoms with Gasteiger partial charge in [0.25, 0.3) is 5.95 Å². The minimum atomic E-state index is -0.177. The molecule has 0 bridgehead atoms. The smallest absolute Gasteiger partial charge is 0.251 e. The van der Waals surface area contributed by atoms with Gasteiger partial charge in [0.15, 0.2) is 0 Å². The molecular weight excluding hydrogens is 412 g/mol. The number of carbonyl (C=O) groups excluding carboxylic acids is 1. The molecule has 0 spiro atoms. The molecule has 1 aliphatic heterocycles. The largest absolute Gasteiger partial charge is 0.325 e. The van der Waals surface area contributed by atoms with Crippen molar-refractivity contribution in [1.82, 2.24) is 20.2 Å². The highest BCUT2D eigenvalue weighted by Gasteiger charge is 2.31. The number of hydrogen-bond acceptors (Lipinski definition) is 5. The number of hydrogen-bond donors (Lipinski definition) is 1. The van der Waals surface area contributed by atoms with Crippen LogP contribution in [0.4, 0.5) is 11.6 Å². The van der Waals surface area contributed by atoms with E-state index >= 15 is 0 Å². The SMILES string of the molecule is Cc1ccc(C2=C[C@@H](c3ccccc3)n3nnnc3N2CC(=O)Nc2cccc(C)c2)cc1. The molecular formula is C26H24N6O. The summed E-state index contributed by atoms with van der Waals surface area (Å²) in [5, 5.41) is 15.5. The summed E-state index contributed by atoms with van der Waals surface area (Å²) in [6.45, 7) is 4.13. The van der Waals surface area contributed by atoms with Crippen LogP contribution in [0.25, 0.3) is 5.70 Å². The number of benzene rings is 3. The molecule has 33 heavy (non-hydrogen) atoms. The third kappa shape index (κ3) is 4.25. The highest BCUT2D eigenvalue weighted by atomic mass is 16.2. The van der Waals surface area contributed by atoms with Gasteiger partial charge in [0, 0.05) is 5.69 Å². The molecule has 7 heteroatoms. The fraction of sp³-hybridized carbons (Fsp3) is 0.154. The summed E-state index contributed by atoms with van der Waals surface area (Å²) in [7, 11) is 0. The molecule has 0 unspecified atom stereocenters. The predicted molar refractivity (Wildman–Crippen MR) is 129 cm³/mol. The summed E-state index contributed by atoms with van der Waals surface area (Å²) < 4.78 is 1.76. The van der Waals surface area contributed by atoms with Gasteiger partial charge >= 0.3 is 0 Å². The Kier molecular flexibility index (Phi) is 5.44. The Morgan fingerprint density at radius 3 is 2.48 bits per heavy atom. The van der Waals surface area contributed by atoms with E-state index in [0.29, 0.717) is 5.95 Å². The molecule has 1 aliphatic rings. The first-order chi connectivity index (χ1) is 16.1. The maximum Gasteiger partial charge on any atom is 0.251 e. The highest BCUT2D eigenvalue weighted by molar-refractivity contribution is 5.97. The second-order valence-electron chi connectivity index (χ2n) is 8.20. The van der Waals surface area contributed by atoms with Crippen LogP contribution >= 0.6 is 0 Å². The summed E-state index contributed by atoms with van der Waals surface area (Å²) >= 11 is 0. The Labute approximate surface area is 192 Å². The normalized spacial score (nSPS) is 15.0. The van der Waals surface area contributed by atoms with E-state index in [4.69, 9.17) is 0 Å². The van der Waals surface area contributed by atoms with Gasteiger partial charge in [-0.05, 0) is 59.2 Å². The van der Waals surface area contributed by atoms with E-state index in [1.165, 1.54) is 5.56 Å². The number of nitrogens with one attached hydrogen (secondary N) is 1. The lowest BCUT2D eigenvalue weighted by Gasteiger charge is -2.32. The summed E-state index contributed by atoms with van der Waals surface area (Å²) in [4.78, 5) is 14.9. The Morgan fingerprint density at radius 2 is 1.73 bits per heavy atom. The third-order valence-corrected chi connectivity index (χ3v) is 5.68. The van der Waals surface area contributed by atoms with E-state index in [1.54, 1.807) is 4.68 Å². The van der Waals surface area contributed by atoms with Crippen LogP contribution in [0, 0.1) is 13.8 Å². The number of tetrazole rings is 1. The zero-order valence-electron chi connectivity index (χ0n) is 18.5. The van der Waals surface area contributed by atoms with Crippen LogP contribution in [0.5, 0.6) is 0 Å². The molecule has 3 aromatic carbocycles. The van der Waals surface area contributed by atoms with E-state index in [0.717, 1.165) is 28.1 Å². The molecule has 0 radical (unpaired) electrons. The summed E-state index contributed by atoms with van der Waals surface area (Å²) in [5.41, 5.74) is 5.98. The number of fused-ring (bicyclic) bond motifs is 1.